The van der Waals surface area contributed by atoms with Gasteiger partial charge in [-0.1, -0.05) is 0 Å². The summed E-state index contributed by atoms with van der Waals surface area (Å²) in [6.45, 7) is 2.56. The van der Waals surface area contributed by atoms with Crippen molar-refractivity contribution < 1.29 is 9.15 Å². The maximum absolute atomic E-state index is 5.64. The van der Waals surface area contributed by atoms with E-state index in [-0.39, 0.29) is 0 Å². The monoisotopic (exact) mass is 225 g/mol. The van der Waals surface area contributed by atoms with E-state index in [1.807, 2.05) is 7.05 Å². The molecule has 2 heterocycles. The normalized spacial score (nSPS) is 21.2. The Morgan fingerprint density at radius 3 is 3.12 bits per heavy atom. The predicted octanol–water partition coefficient (Wildman–Crippen LogP) is 1.12. The van der Waals surface area contributed by atoms with E-state index in [4.69, 9.17) is 9.15 Å². The summed E-state index contributed by atoms with van der Waals surface area (Å²) >= 11 is 0. The lowest BCUT2D eigenvalue weighted by Gasteiger charge is -2.18. The maximum Gasteiger partial charge on any atom is 0.221 e. The second kappa shape index (κ2) is 5.96. The van der Waals surface area contributed by atoms with Gasteiger partial charge in [0, 0.05) is 13.0 Å². The first-order valence-electron chi connectivity index (χ1n) is 5.95. The molecule has 90 valence electrons. The first kappa shape index (κ1) is 11.5. The quantitative estimate of drug-likeness (QED) is 0.761. The van der Waals surface area contributed by atoms with E-state index in [9.17, 15) is 0 Å². The van der Waals surface area contributed by atoms with Crippen LogP contribution >= 0.6 is 0 Å². The van der Waals surface area contributed by atoms with Crippen LogP contribution in [-0.4, -0.2) is 37.0 Å². The van der Waals surface area contributed by atoms with Crippen molar-refractivity contribution in [3.63, 3.8) is 0 Å². The van der Waals surface area contributed by atoms with Crippen LogP contribution < -0.4 is 5.32 Å². The minimum Gasteiger partial charge on any atom is -0.425 e. The summed E-state index contributed by atoms with van der Waals surface area (Å²) in [4.78, 5) is 0. The number of aromatic nitrogens is 2. The summed E-state index contributed by atoms with van der Waals surface area (Å²) in [5, 5.41) is 11.3. The number of hydrogen-bond acceptors (Lipinski definition) is 5. The summed E-state index contributed by atoms with van der Waals surface area (Å²) in [5.41, 5.74) is 0. The smallest absolute Gasteiger partial charge is 0.221 e. The highest BCUT2D eigenvalue weighted by molar-refractivity contribution is 4.93. The first-order valence-corrected chi connectivity index (χ1v) is 5.95. The molecule has 1 aromatic heterocycles. The zero-order chi connectivity index (χ0) is 11.2. The van der Waals surface area contributed by atoms with Gasteiger partial charge >= 0.3 is 0 Å². The van der Waals surface area contributed by atoms with Crippen LogP contribution in [0, 0.1) is 0 Å². The molecule has 0 aliphatic carbocycles. The number of aryl methyl sites for hydroxylation is 1. The molecular formula is C11H19N3O2. The summed E-state index contributed by atoms with van der Waals surface area (Å²) < 4.78 is 11.0. The maximum atomic E-state index is 5.64. The lowest BCUT2D eigenvalue weighted by Crippen LogP contribution is -2.15. The zero-order valence-electron chi connectivity index (χ0n) is 9.74. The van der Waals surface area contributed by atoms with Gasteiger partial charge in [0.05, 0.1) is 12.5 Å². The van der Waals surface area contributed by atoms with E-state index >= 15 is 0 Å². The van der Waals surface area contributed by atoms with E-state index in [2.05, 4.69) is 15.5 Å². The molecule has 1 unspecified atom stereocenters. The predicted molar refractivity (Wildman–Crippen MR) is 59.3 cm³/mol. The molecule has 16 heavy (non-hydrogen) atoms. The van der Waals surface area contributed by atoms with Crippen molar-refractivity contribution in [2.24, 2.45) is 0 Å². The topological polar surface area (TPSA) is 60.2 Å². The Labute approximate surface area is 95.6 Å². The summed E-state index contributed by atoms with van der Waals surface area (Å²) in [5.74, 6) is 1.80. The first-order chi connectivity index (χ1) is 7.90. The Morgan fingerprint density at radius 1 is 1.44 bits per heavy atom. The van der Waals surface area contributed by atoms with Gasteiger partial charge in [-0.3, -0.25) is 0 Å². The van der Waals surface area contributed by atoms with Gasteiger partial charge in [0.1, 0.15) is 0 Å². The number of rotatable bonds is 5. The Morgan fingerprint density at radius 2 is 2.38 bits per heavy atom. The van der Waals surface area contributed by atoms with E-state index < -0.39 is 0 Å². The highest BCUT2D eigenvalue weighted by Crippen LogP contribution is 2.24. The fourth-order valence-electron chi connectivity index (χ4n) is 1.88. The van der Waals surface area contributed by atoms with Crippen LogP contribution in [0.1, 0.15) is 37.0 Å². The average Bonchev–Trinajstić information content (AvgIpc) is 2.79. The van der Waals surface area contributed by atoms with Crippen LogP contribution in [0.5, 0.6) is 0 Å². The molecule has 1 aliphatic rings. The lowest BCUT2D eigenvalue weighted by molar-refractivity contribution is 0.0721. The van der Waals surface area contributed by atoms with Crippen LogP contribution in [0.2, 0.25) is 0 Å². The molecule has 2 rings (SSSR count). The molecule has 1 atom stereocenters. The molecule has 0 amide bonds. The Hall–Kier alpha value is -0.940. The molecule has 5 heteroatoms. The fourth-order valence-corrected chi connectivity index (χ4v) is 1.88. The van der Waals surface area contributed by atoms with Crippen LogP contribution in [0.3, 0.4) is 0 Å². The molecule has 0 saturated carbocycles. The molecule has 1 N–H and O–H groups in total. The van der Waals surface area contributed by atoms with Crippen molar-refractivity contribution in [3.8, 4) is 0 Å². The van der Waals surface area contributed by atoms with Gasteiger partial charge in [-0.2, -0.15) is 0 Å². The fraction of sp³-hybridized carbons (Fsp3) is 0.818. The van der Waals surface area contributed by atoms with Crippen LogP contribution in [0.25, 0.3) is 0 Å². The van der Waals surface area contributed by atoms with Crippen LogP contribution in [0.4, 0.5) is 0 Å². The van der Waals surface area contributed by atoms with Gasteiger partial charge in [-0.15, -0.1) is 10.2 Å². The van der Waals surface area contributed by atoms with E-state index in [1.165, 1.54) is 0 Å². The minimum absolute atomic E-state index is 0.305. The number of nitrogens with one attached hydrogen (secondary N) is 1. The second-order valence-corrected chi connectivity index (χ2v) is 4.16. The molecule has 1 fully saturated rings. The van der Waals surface area contributed by atoms with Gasteiger partial charge in [-0.05, 0) is 32.9 Å². The molecule has 5 nitrogen and oxygen atoms in total. The molecule has 1 aromatic rings. The average molecular weight is 225 g/mol. The van der Waals surface area contributed by atoms with E-state index in [1.54, 1.807) is 0 Å². The Balaban J connectivity index is 1.85. The standard InChI is InChI=1S/C11H19N3O2/c1-12-6-2-5-10-13-14-11(16-10)9-4-3-7-15-8-9/h9,12H,2-8H2,1H3. The van der Waals surface area contributed by atoms with Crippen molar-refractivity contribution in [2.45, 2.75) is 31.6 Å². The molecule has 0 aromatic carbocycles. The van der Waals surface area contributed by atoms with Gasteiger partial charge in [0.15, 0.2) is 0 Å². The largest absolute Gasteiger partial charge is 0.425 e. The third-order valence-electron chi connectivity index (χ3n) is 2.81. The van der Waals surface area contributed by atoms with Crippen LogP contribution in [0.15, 0.2) is 4.42 Å². The van der Waals surface area contributed by atoms with E-state index in [0.29, 0.717) is 5.92 Å². The van der Waals surface area contributed by atoms with Gasteiger partial charge in [-0.25, -0.2) is 0 Å². The number of nitrogens with zero attached hydrogens (tertiary/aromatic N) is 2. The molecule has 0 bridgehead atoms. The molecular weight excluding hydrogens is 206 g/mol. The lowest BCUT2D eigenvalue weighted by atomic mass is 10.0. The molecule has 1 saturated heterocycles. The van der Waals surface area contributed by atoms with Crippen molar-refractivity contribution in [3.05, 3.63) is 11.8 Å². The van der Waals surface area contributed by atoms with Crippen LogP contribution in [-0.2, 0) is 11.2 Å². The number of hydrogen-bond donors (Lipinski definition) is 1. The summed E-state index contributed by atoms with van der Waals surface area (Å²) in [7, 11) is 1.94. The van der Waals surface area contributed by atoms with Gasteiger partial charge < -0.3 is 14.5 Å². The number of ether oxygens (including phenoxy) is 1. The minimum atomic E-state index is 0.305. The van der Waals surface area contributed by atoms with Crippen molar-refractivity contribution >= 4 is 0 Å². The Bertz CT molecular complexity index is 308. The zero-order valence-corrected chi connectivity index (χ0v) is 9.74. The van der Waals surface area contributed by atoms with E-state index in [0.717, 1.165) is 57.2 Å². The Kier molecular flexibility index (Phi) is 4.30. The van der Waals surface area contributed by atoms with Gasteiger partial charge in [0.2, 0.25) is 11.8 Å². The highest BCUT2D eigenvalue weighted by atomic mass is 16.5. The van der Waals surface area contributed by atoms with Crippen molar-refractivity contribution in [1.29, 1.82) is 0 Å². The molecule has 0 radical (unpaired) electrons. The van der Waals surface area contributed by atoms with Crippen molar-refractivity contribution in [1.82, 2.24) is 15.5 Å². The highest BCUT2D eigenvalue weighted by Gasteiger charge is 2.21. The van der Waals surface area contributed by atoms with Crippen molar-refractivity contribution in [2.75, 3.05) is 26.8 Å². The van der Waals surface area contributed by atoms with Gasteiger partial charge in [0.25, 0.3) is 0 Å². The molecule has 1 aliphatic heterocycles. The third kappa shape index (κ3) is 3.02. The second-order valence-electron chi connectivity index (χ2n) is 4.16. The summed E-state index contributed by atoms with van der Waals surface area (Å²) in [6, 6.07) is 0. The summed E-state index contributed by atoms with van der Waals surface area (Å²) in [6.07, 6.45) is 4.06. The molecule has 0 spiro atoms. The SMILES string of the molecule is CNCCCc1nnc(C2CCCOC2)o1. The third-order valence-corrected chi connectivity index (χ3v) is 2.81.